The highest BCUT2D eigenvalue weighted by Gasteiger charge is 2.06. The maximum Gasteiger partial charge on any atom is 0.371 e. The van der Waals surface area contributed by atoms with Crippen molar-refractivity contribution in [2.45, 2.75) is 6.42 Å². The Bertz CT molecular complexity index is 356. The molecule has 4 heteroatoms. The van der Waals surface area contributed by atoms with Crippen LogP contribution in [0.4, 0.5) is 0 Å². The van der Waals surface area contributed by atoms with Crippen molar-refractivity contribution >= 4 is 17.6 Å². The van der Waals surface area contributed by atoms with Crippen LogP contribution in [0.5, 0.6) is 0 Å². The Kier molecular flexibility index (Phi) is 3.41. The Balaban J connectivity index is 2.71. The van der Waals surface area contributed by atoms with Gasteiger partial charge in [-0.1, -0.05) is 5.92 Å². The van der Waals surface area contributed by atoms with E-state index in [1.165, 1.54) is 12.1 Å². The molecule has 68 valence electrons. The standard InChI is InChI=1S/C9H7ClO3/c10-6-2-1-3-7-4-5-8(13-7)9(11)12/h4-5H,2,6H2,(H,11,12). The van der Waals surface area contributed by atoms with Crippen LogP contribution in [-0.2, 0) is 0 Å². The Morgan fingerprint density at radius 3 is 2.92 bits per heavy atom. The van der Waals surface area contributed by atoms with E-state index in [2.05, 4.69) is 11.8 Å². The summed E-state index contributed by atoms with van der Waals surface area (Å²) in [5.74, 6) is 5.00. The number of aromatic carboxylic acids is 1. The van der Waals surface area contributed by atoms with Crippen molar-refractivity contribution in [1.82, 2.24) is 0 Å². The van der Waals surface area contributed by atoms with E-state index in [9.17, 15) is 4.79 Å². The van der Waals surface area contributed by atoms with Crippen molar-refractivity contribution in [3.8, 4) is 11.8 Å². The maximum absolute atomic E-state index is 10.4. The number of alkyl halides is 1. The largest absolute Gasteiger partial charge is 0.475 e. The van der Waals surface area contributed by atoms with Crippen LogP contribution in [0.1, 0.15) is 22.7 Å². The third-order valence-electron chi connectivity index (χ3n) is 1.25. The van der Waals surface area contributed by atoms with Crippen LogP contribution in [0, 0.1) is 11.8 Å². The lowest BCUT2D eigenvalue weighted by molar-refractivity contribution is 0.0662. The molecule has 0 atom stereocenters. The molecule has 0 aliphatic rings. The number of hydrogen-bond donors (Lipinski definition) is 1. The first-order chi connectivity index (χ1) is 6.24. The molecule has 0 aliphatic carbocycles. The van der Waals surface area contributed by atoms with Crippen LogP contribution >= 0.6 is 11.6 Å². The molecule has 0 bridgehead atoms. The summed E-state index contributed by atoms with van der Waals surface area (Å²) in [7, 11) is 0. The molecule has 0 spiro atoms. The van der Waals surface area contributed by atoms with Gasteiger partial charge in [0.15, 0.2) is 5.76 Å². The molecule has 1 N–H and O–H groups in total. The predicted octanol–water partition coefficient (Wildman–Crippen LogP) is 1.96. The van der Waals surface area contributed by atoms with Gasteiger partial charge in [0.25, 0.3) is 0 Å². The summed E-state index contributed by atoms with van der Waals surface area (Å²) in [6, 6.07) is 2.89. The molecule has 1 aromatic heterocycles. The highest BCUT2D eigenvalue weighted by Crippen LogP contribution is 2.05. The molecule has 1 rings (SSSR count). The molecule has 0 saturated carbocycles. The first-order valence-electron chi connectivity index (χ1n) is 3.62. The average molecular weight is 199 g/mol. The van der Waals surface area contributed by atoms with E-state index >= 15 is 0 Å². The van der Waals surface area contributed by atoms with E-state index in [4.69, 9.17) is 21.1 Å². The Hall–Kier alpha value is -1.40. The Morgan fingerprint density at radius 1 is 1.62 bits per heavy atom. The summed E-state index contributed by atoms with van der Waals surface area (Å²) in [6.45, 7) is 0. The van der Waals surface area contributed by atoms with Crippen LogP contribution in [0.3, 0.4) is 0 Å². The van der Waals surface area contributed by atoms with Gasteiger partial charge in [-0.2, -0.15) is 0 Å². The second-order valence-electron chi connectivity index (χ2n) is 2.21. The van der Waals surface area contributed by atoms with Crippen molar-refractivity contribution in [3.05, 3.63) is 23.7 Å². The van der Waals surface area contributed by atoms with Gasteiger partial charge < -0.3 is 9.52 Å². The van der Waals surface area contributed by atoms with E-state index in [-0.39, 0.29) is 5.76 Å². The molecular weight excluding hydrogens is 192 g/mol. The Morgan fingerprint density at radius 2 is 2.38 bits per heavy atom. The van der Waals surface area contributed by atoms with E-state index < -0.39 is 5.97 Å². The molecular formula is C9H7ClO3. The lowest BCUT2D eigenvalue weighted by Crippen LogP contribution is -1.91. The number of carboxylic acid groups (broad SMARTS) is 1. The fourth-order valence-electron chi connectivity index (χ4n) is 0.717. The third-order valence-corrected chi connectivity index (χ3v) is 1.44. The molecule has 1 aromatic rings. The van der Waals surface area contributed by atoms with Gasteiger partial charge in [0.2, 0.25) is 5.76 Å². The van der Waals surface area contributed by atoms with E-state index in [0.717, 1.165) is 0 Å². The summed E-state index contributed by atoms with van der Waals surface area (Å²) < 4.78 is 4.88. The van der Waals surface area contributed by atoms with Gasteiger partial charge in [-0.05, 0) is 18.1 Å². The highest BCUT2D eigenvalue weighted by molar-refractivity contribution is 6.18. The summed E-state index contributed by atoms with van der Waals surface area (Å²) in [5, 5.41) is 8.51. The summed E-state index contributed by atoms with van der Waals surface area (Å²) >= 11 is 5.40. The normalized spacial score (nSPS) is 9.00. The molecule has 0 fully saturated rings. The third kappa shape index (κ3) is 2.85. The van der Waals surface area contributed by atoms with Crippen LogP contribution in [0.2, 0.25) is 0 Å². The lowest BCUT2D eigenvalue weighted by Gasteiger charge is -1.83. The SMILES string of the molecule is O=C(O)c1ccc(C#CCCCl)o1. The zero-order valence-electron chi connectivity index (χ0n) is 6.71. The molecule has 0 aliphatic heterocycles. The van der Waals surface area contributed by atoms with Crippen LogP contribution < -0.4 is 0 Å². The maximum atomic E-state index is 10.4. The van der Waals surface area contributed by atoms with Crippen LogP contribution in [0.25, 0.3) is 0 Å². The monoisotopic (exact) mass is 198 g/mol. The minimum absolute atomic E-state index is 0.102. The Labute approximate surface area is 80.3 Å². The molecule has 0 aromatic carbocycles. The first-order valence-corrected chi connectivity index (χ1v) is 4.15. The zero-order chi connectivity index (χ0) is 9.68. The van der Waals surface area contributed by atoms with Gasteiger partial charge in [-0.25, -0.2) is 4.79 Å². The van der Waals surface area contributed by atoms with Gasteiger partial charge in [-0.15, -0.1) is 11.6 Å². The van der Waals surface area contributed by atoms with Crippen molar-refractivity contribution in [1.29, 1.82) is 0 Å². The van der Waals surface area contributed by atoms with Gasteiger partial charge in [-0.3, -0.25) is 0 Å². The zero-order valence-corrected chi connectivity index (χ0v) is 7.47. The average Bonchev–Trinajstić information content (AvgIpc) is 2.53. The number of carboxylic acids is 1. The summed E-state index contributed by atoms with van der Waals surface area (Å²) in [5.41, 5.74) is 0. The van der Waals surface area contributed by atoms with E-state index in [1.807, 2.05) is 0 Å². The lowest BCUT2D eigenvalue weighted by atomic mass is 10.4. The van der Waals surface area contributed by atoms with Crippen molar-refractivity contribution in [3.63, 3.8) is 0 Å². The number of rotatable bonds is 2. The van der Waals surface area contributed by atoms with Crippen LogP contribution in [0.15, 0.2) is 16.5 Å². The summed E-state index contributed by atoms with van der Waals surface area (Å²) in [6.07, 6.45) is 0.560. The highest BCUT2D eigenvalue weighted by atomic mass is 35.5. The molecule has 3 nitrogen and oxygen atoms in total. The molecule has 0 amide bonds. The van der Waals surface area contributed by atoms with Crippen molar-refractivity contribution in [2.75, 3.05) is 5.88 Å². The molecule has 0 unspecified atom stereocenters. The fraction of sp³-hybridized carbons (Fsp3) is 0.222. The topological polar surface area (TPSA) is 50.4 Å². The molecule has 1 heterocycles. The minimum Gasteiger partial charge on any atom is -0.475 e. The molecule has 0 saturated heterocycles. The van der Waals surface area contributed by atoms with Gasteiger partial charge in [0, 0.05) is 12.3 Å². The van der Waals surface area contributed by atoms with E-state index in [1.54, 1.807) is 0 Å². The van der Waals surface area contributed by atoms with Gasteiger partial charge in [0.05, 0.1) is 0 Å². The predicted molar refractivity (Wildman–Crippen MR) is 47.9 cm³/mol. The van der Waals surface area contributed by atoms with Crippen molar-refractivity contribution < 1.29 is 14.3 Å². The summed E-state index contributed by atoms with van der Waals surface area (Å²) in [4.78, 5) is 10.4. The first kappa shape index (κ1) is 9.69. The van der Waals surface area contributed by atoms with Crippen LogP contribution in [-0.4, -0.2) is 17.0 Å². The smallest absolute Gasteiger partial charge is 0.371 e. The quantitative estimate of drug-likeness (QED) is 0.584. The number of halogens is 1. The second-order valence-corrected chi connectivity index (χ2v) is 2.59. The van der Waals surface area contributed by atoms with Crippen molar-refractivity contribution in [2.24, 2.45) is 0 Å². The van der Waals surface area contributed by atoms with Gasteiger partial charge in [0.1, 0.15) is 0 Å². The number of carbonyl (C=O) groups is 1. The number of furan rings is 1. The number of hydrogen-bond acceptors (Lipinski definition) is 2. The second kappa shape index (κ2) is 4.58. The molecule has 0 radical (unpaired) electrons. The fourth-order valence-corrected chi connectivity index (χ4v) is 0.811. The van der Waals surface area contributed by atoms with E-state index in [0.29, 0.717) is 18.1 Å². The minimum atomic E-state index is -1.09. The molecule has 13 heavy (non-hydrogen) atoms. The van der Waals surface area contributed by atoms with Gasteiger partial charge >= 0.3 is 5.97 Å².